The van der Waals surface area contributed by atoms with Gasteiger partial charge in [0.1, 0.15) is 5.15 Å². The molecule has 4 nitrogen and oxygen atoms in total. The van der Waals surface area contributed by atoms with Gasteiger partial charge in [0.25, 0.3) is 0 Å². The van der Waals surface area contributed by atoms with Gasteiger partial charge in [0.05, 0.1) is 10.2 Å². The van der Waals surface area contributed by atoms with E-state index in [-0.39, 0.29) is 10.8 Å². The lowest BCUT2D eigenvalue weighted by Crippen LogP contribution is -2.07. The summed E-state index contributed by atoms with van der Waals surface area (Å²) in [4.78, 5) is 14.6. The van der Waals surface area contributed by atoms with E-state index in [0.717, 1.165) is 12.8 Å². The van der Waals surface area contributed by atoms with Crippen molar-refractivity contribution in [1.29, 1.82) is 0 Å². The van der Waals surface area contributed by atoms with Crippen molar-refractivity contribution in [2.24, 2.45) is 0 Å². The van der Waals surface area contributed by atoms with Crippen molar-refractivity contribution in [2.75, 3.05) is 5.32 Å². The van der Waals surface area contributed by atoms with Gasteiger partial charge in [0, 0.05) is 6.04 Å². The summed E-state index contributed by atoms with van der Waals surface area (Å²) in [6.45, 7) is 0. The van der Waals surface area contributed by atoms with Crippen molar-refractivity contribution in [3.05, 3.63) is 21.4 Å². The number of aromatic carboxylic acids is 1. The van der Waals surface area contributed by atoms with Crippen LogP contribution in [-0.4, -0.2) is 22.1 Å². The Morgan fingerprint density at radius 2 is 2.33 bits per heavy atom. The number of aromatic nitrogens is 1. The van der Waals surface area contributed by atoms with Crippen LogP contribution in [0.1, 0.15) is 23.3 Å². The Morgan fingerprint density at radius 3 is 2.87 bits per heavy atom. The van der Waals surface area contributed by atoms with E-state index in [0.29, 0.717) is 16.2 Å². The molecule has 0 saturated heterocycles. The Kier molecular flexibility index (Phi) is 2.84. The number of anilines is 1. The van der Waals surface area contributed by atoms with Gasteiger partial charge in [-0.2, -0.15) is 0 Å². The van der Waals surface area contributed by atoms with Crippen LogP contribution < -0.4 is 5.32 Å². The molecule has 80 valence electrons. The number of nitrogens with one attached hydrogen (secondary N) is 1. The number of carboxylic acid groups (broad SMARTS) is 1. The zero-order valence-electron chi connectivity index (χ0n) is 7.63. The SMILES string of the molecule is O=C(O)c1nc(Cl)cc(NC2CC2)c1Br. The van der Waals surface area contributed by atoms with Gasteiger partial charge in [-0.05, 0) is 34.8 Å². The highest BCUT2D eigenvalue weighted by atomic mass is 79.9. The Bertz CT molecular complexity index is 421. The third kappa shape index (κ3) is 2.41. The van der Waals surface area contributed by atoms with E-state index in [9.17, 15) is 4.79 Å². The van der Waals surface area contributed by atoms with Crippen LogP contribution in [0.4, 0.5) is 5.69 Å². The predicted molar refractivity (Wildman–Crippen MR) is 60.6 cm³/mol. The van der Waals surface area contributed by atoms with Crippen LogP contribution in [-0.2, 0) is 0 Å². The lowest BCUT2D eigenvalue weighted by Gasteiger charge is -2.09. The summed E-state index contributed by atoms with van der Waals surface area (Å²) < 4.78 is 0.450. The van der Waals surface area contributed by atoms with Gasteiger partial charge in [-0.1, -0.05) is 11.6 Å². The van der Waals surface area contributed by atoms with Crippen LogP contribution in [0.15, 0.2) is 10.5 Å². The van der Waals surface area contributed by atoms with E-state index in [1.54, 1.807) is 6.07 Å². The minimum atomic E-state index is -1.09. The summed E-state index contributed by atoms with van der Waals surface area (Å²) in [5.74, 6) is -1.09. The number of rotatable bonds is 3. The normalized spacial score (nSPS) is 15.1. The van der Waals surface area contributed by atoms with E-state index >= 15 is 0 Å². The first kappa shape index (κ1) is 10.7. The molecule has 0 atom stereocenters. The second-order valence-corrected chi connectivity index (χ2v) is 4.56. The van der Waals surface area contributed by atoms with Gasteiger partial charge >= 0.3 is 5.97 Å². The molecule has 0 aromatic carbocycles. The predicted octanol–water partition coefficient (Wildman–Crippen LogP) is 2.77. The molecule has 0 spiro atoms. The minimum Gasteiger partial charge on any atom is -0.476 e. The maximum Gasteiger partial charge on any atom is 0.355 e. The quantitative estimate of drug-likeness (QED) is 0.841. The Labute approximate surface area is 99.8 Å². The van der Waals surface area contributed by atoms with Crippen molar-refractivity contribution in [1.82, 2.24) is 4.98 Å². The van der Waals surface area contributed by atoms with E-state index in [1.165, 1.54) is 0 Å². The number of carboxylic acids is 1. The first-order valence-electron chi connectivity index (χ1n) is 4.44. The molecule has 2 N–H and O–H groups in total. The molecule has 1 aliphatic rings. The van der Waals surface area contributed by atoms with Gasteiger partial charge in [0.2, 0.25) is 0 Å². The van der Waals surface area contributed by atoms with Gasteiger partial charge in [-0.15, -0.1) is 0 Å². The molecular weight excluding hydrogens is 283 g/mol. The molecule has 0 amide bonds. The smallest absolute Gasteiger partial charge is 0.355 e. The second kappa shape index (κ2) is 3.98. The average Bonchev–Trinajstić information content (AvgIpc) is 2.94. The maximum absolute atomic E-state index is 10.8. The molecule has 0 radical (unpaired) electrons. The summed E-state index contributed by atoms with van der Waals surface area (Å²) in [5, 5.41) is 12.3. The molecule has 1 saturated carbocycles. The molecule has 0 bridgehead atoms. The molecule has 1 fully saturated rings. The molecule has 1 heterocycles. The van der Waals surface area contributed by atoms with E-state index in [1.807, 2.05) is 0 Å². The highest BCUT2D eigenvalue weighted by molar-refractivity contribution is 9.10. The van der Waals surface area contributed by atoms with Crippen molar-refractivity contribution in [2.45, 2.75) is 18.9 Å². The largest absolute Gasteiger partial charge is 0.476 e. The molecule has 15 heavy (non-hydrogen) atoms. The van der Waals surface area contributed by atoms with E-state index < -0.39 is 5.97 Å². The lowest BCUT2D eigenvalue weighted by atomic mass is 10.3. The zero-order valence-corrected chi connectivity index (χ0v) is 9.97. The number of nitrogens with zero attached hydrogens (tertiary/aromatic N) is 1. The first-order chi connectivity index (χ1) is 7.08. The van der Waals surface area contributed by atoms with Crippen molar-refractivity contribution in [3.63, 3.8) is 0 Å². The fourth-order valence-corrected chi connectivity index (χ4v) is 1.87. The fourth-order valence-electron chi connectivity index (χ4n) is 1.19. The molecule has 6 heteroatoms. The molecule has 0 unspecified atom stereocenters. The second-order valence-electron chi connectivity index (χ2n) is 3.38. The molecule has 1 aromatic heterocycles. The van der Waals surface area contributed by atoms with Gasteiger partial charge in [-0.3, -0.25) is 0 Å². The van der Waals surface area contributed by atoms with Crippen LogP contribution in [0.25, 0.3) is 0 Å². The number of hydrogen-bond acceptors (Lipinski definition) is 3. The number of hydrogen-bond donors (Lipinski definition) is 2. The van der Waals surface area contributed by atoms with Crippen LogP contribution in [0.3, 0.4) is 0 Å². The Morgan fingerprint density at radius 1 is 1.67 bits per heavy atom. The molecule has 1 aliphatic carbocycles. The van der Waals surface area contributed by atoms with Crippen LogP contribution >= 0.6 is 27.5 Å². The number of pyridine rings is 1. The monoisotopic (exact) mass is 290 g/mol. The van der Waals surface area contributed by atoms with Crippen LogP contribution in [0.2, 0.25) is 5.15 Å². The summed E-state index contributed by atoms with van der Waals surface area (Å²) in [7, 11) is 0. The first-order valence-corrected chi connectivity index (χ1v) is 5.61. The summed E-state index contributed by atoms with van der Waals surface area (Å²) in [6.07, 6.45) is 2.21. The van der Waals surface area contributed by atoms with E-state index in [4.69, 9.17) is 16.7 Å². The molecular formula is C9H8BrClN2O2. The van der Waals surface area contributed by atoms with Crippen LogP contribution in [0, 0.1) is 0 Å². The molecule has 2 rings (SSSR count). The van der Waals surface area contributed by atoms with Crippen molar-refractivity contribution < 1.29 is 9.90 Å². The highest BCUT2D eigenvalue weighted by Gasteiger charge is 2.24. The van der Waals surface area contributed by atoms with Crippen molar-refractivity contribution >= 4 is 39.2 Å². The zero-order chi connectivity index (χ0) is 11.0. The summed E-state index contributed by atoms with van der Waals surface area (Å²) in [6, 6.07) is 2.05. The third-order valence-corrected chi connectivity index (χ3v) is 3.06. The Hall–Kier alpha value is -0.810. The van der Waals surface area contributed by atoms with Gasteiger partial charge in [-0.25, -0.2) is 9.78 Å². The summed E-state index contributed by atoms with van der Waals surface area (Å²) in [5.41, 5.74) is 0.626. The minimum absolute atomic E-state index is 0.0642. The Balaban J connectivity index is 2.39. The molecule has 0 aliphatic heterocycles. The topological polar surface area (TPSA) is 62.2 Å². The number of halogens is 2. The average molecular weight is 292 g/mol. The fraction of sp³-hybridized carbons (Fsp3) is 0.333. The van der Waals surface area contributed by atoms with Gasteiger partial charge < -0.3 is 10.4 Å². The summed E-state index contributed by atoms with van der Waals surface area (Å²) >= 11 is 8.94. The molecule has 1 aromatic rings. The number of carbonyl (C=O) groups is 1. The van der Waals surface area contributed by atoms with E-state index in [2.05, 4.69) is 26.2 Å². The standard InChI is InChI=1S/C9H8BrClN2O2/c10-7-5(12-4-1-2-4)3-6(11)13-8(7)9(14)15/h3-4H,1-2H2,(H,12,13)(H,14,15). The maximum atomic E-state index is 10.8. The highest BCUT2D eigenvalue weighted by Crippen LogP contribution is 2.32. The van der Waals surface area contributed by atoms with Gasteiger partial charge in [0.15, 0.2) is 5.69 Å². The lowest BCUT2D eigenvalue weighted by molar-refractivity contribution is 0.0689. The van der Waals surface area contributed by atoms with Crippen LogP contribution in [0.5, 0.6) is 0 Å². The van der Waals surface area contributed by atoms with Crippen molar-refractivity contribution in [3.8, 4) is 0 Å². The third-order valence-electron chi connectivity index (χ3n) is 2.07.